The fourth-order valence-corrected chi connectivity index (χ4v) is 3.61. The minimum atomic E-state index is 0.241. The third-order valence-electron chi connectivity index (χ3n) is 4.99. The average Bonchev–Trinajstić information content (AvgIpc) is 2.57. The van der Waals surface area contributed by atoms with E-state index in [2.05, 4.69) is 34.2 Å². The number of nitrogens with two attached hydrogens (primary N) is 1. The molecule has 2 bridgehead atoms. The maximum absolute atomic E-state index is 5.93. The first-order valence-corrected chi connectivity index (χ1v) is 7.55. The van der Waals surface area contributed by atoms with Crippen molar-refractivity contribution in [2.45, 2.75) is 37.2 Å². The molecule has 1 aliphatic carbocycles. The van der Waals surface area contributed by atoms with Gasteiger partial charge in [-0.2, -0.15) is 0 Å². The smallest absolute Gasteiger partial charge is 0.219 e. The number of hydrogen-bond donors (Lipinski definition) is 1. The fraction of sp³-hybridized carbons (Fsp3) is 0.412. The number of rotatable bonds is 2. The Kier molecular flexibility index (Phi) is 2.93. The predicted molar refractivity (Wildman–Crippen MR) is 81.8 cm³/mol. The fourth-order valence-electron chi connectivity index (χ4n) is 3.61. The number of nitrogen functional groups attached to an aromatic ring is 1. The second-order valence-electron chi connectivity index (χ2n) is 6.20. The monoisotopic (exact) mass is 281 g/mol. The number of hydrogen-bond acceptors (Lipinski definition) is 4. The van der Waals surface area contributed by atoms with Gasteiger partial charge in [0.05, 0.1) is 12.7 Å². The Morgan fingerprint density at radius 3 is 2.24 bits per heavy atom. The van der Waals surface area contributed by atoms with Crippen molar-refractivity contribution in [2.75, 3.05) is 12.3 Å². The van der Waals surface area contributed by atoms with Crippen LogP contribution in [-0.4, -0.2) is 22.7 Å². The lowest BCUT2D eigenvalue weighted by molar-refractivity contribution is -0.0792. The van der Waals surface area contributed by atoms with Gasteiger partial charge in [-0.05, 0) is 36.8 Å². The van der Waals surface area contributed by atoms with Gasteiger partial charge in [0, 0.05) is 23.4 Å². The highest BCUT2D eigenvalue weighted by molar-refractivity contribution is 5.62. The minimum absolute atomic E-state index is 0.241. The molecule has 0 atom stereocenters. The zero-order chi connectivity index (χ0) is 14.3. The standard InChI is InChI=1S/C17H19N3O/c18-16-19-9-13(10-20-16)12-1-3-14(4-2-12)17-7-5-15(6-8-17)21-11-17/h1-4,9-10,15H,5-8,11H2,(H2,18,19,20). The van der Waals surface area contributed by atoms with E-state index in [0.29, 0.717) is 12.1 Å². The van der Waals surface area contributed by atoms with Crippen LogP contribution in [0.15, 0.2) is 36.7 Å². The van der Waals surface area contributed by atoms with Gasteiger partial charge in [-0.1, -0.05) is 24.3 Å². The highest BCUT2D eigenvalue weighted by Gasteiger charge is 2.42. The second kappa shape index (κ2) is 4.81. The van der Waals surface area contributed by atoms with E-state index in [9.17, 15) is 0 Å². The van der Waals surface area contributed by atoms with Crippen molar-refractivity contribution in [1.29, 1.82) is 0 Å². The van der Waals surface area contributed by atoms with Gasteiger partial charge in [0.15, 0.2) is 0 Å². The summed E-state index contributed by atoms with van der Waals surface area (Å²) in [7, 11) is 0. The van der Waals surface area contributed by atoms with Gasteiger partial charge in [-0.3, -0.25) is 0 Å². The molecule has 0 radical (unpaired) electrons. The van der Waals surface area contributed by atoms with Crippen LogP contribution >= 0.6 is 0 Å². The molecule has 4 nitrogen and oxygen atoms in total. The summed E-state index contributed by atoms with van der Waals surface area (Å²) in [4.78, 5) is 8.10. The van der Waals surface area contributed by atoms with Crippen molar-refractivity contribution < 1.29 is 4.74 Å². The quantitative estimate of drug-likeness (QED) is 0.919. The van der Waals surface area contributed by atoms with Gasteiger partial charge in [-0.25, -0.2) is 9.97 Å². The van der Waals surface area contributed by atoms with E-state index in [4.69, 9.17) is 10.5 Å². The Balaban J connectivity index is 1.63. The van der Waals surface area contributed by atoms with Crippen molar-refractivity contribution in [1.82, 2.24) is 9.97 Å². The molecule has 2 aromatic rings. The third-order valence-corrected chi connectivity index (χ3v) is 4.99. The van der Waals surface area contributed by atoms with Crippen LogP contribution in [0, 0.1) is 0 Å². The molecular formula is C17H19N3O. The minimum Gasteiger partial charge on any atom is -0.377 e. The van der Waals surface area contributed by atoms with Gasteiger partial charge < -0.3 is 10.5 Å². The van der Waals surface area contributed by atoms with Crippen LogP contribution < -0.4 is 5.73 Å². The Morgan fingerprint density at radius 2 is 1.67 bits per heavy atom. The first-order chi connectivity index (χ1) is 10.3. The van der Waals surface area contributed by atoms with E-state index >= 15 is 0 Å². The summed E-state index contributed by atoms with van der Waals surface area (Å²) in [5.74, 6) is 0.311. The van der Waals surface area contributed by atoms with Crippen LogP contribution in [0.25, 0.3) is 11.1 Å². The number of fused-ring (bicyclic) bond motifs is 3. The number of ether oxygens (including phenoxy) is 1. The lowest BCUT2D eigenvalue weighted by atomic mass is 9.67. The SMILES string of the molecule is Nc1ncc(-c2ccc(C34CCC(CC3)OC4)cc2)cn1. The molecule has 5 rings (SSSR count). The Bertz CT molecular complexity index is 614. The average molecular weight is 281 g/mol. The largest absolute Gasteiger partial charge is 0.377 e. The number of benzene rings is 1. The molecule has 0 unspecified atom stereocenters. The molecule has 1 saturated carbocycles. The molecule has 2 aliphatic heterocycles. The summed E-state index contributed by atoms with van der Waals surface area (Å²) in [5.41, 5.74) is 9.30. The molecule has 0 spiro atoms. The molecule has 2 N–H and O–H groups in total. The molecule has 1 aromatic heterocycles. The highest BCUT2D eigenvalue weighted by atomic mass is 16.5. The third kappa shape index (κ3) is 2.20. The van der Waals surface area contributed by atoms with Crippen molar-refractivity contribution in [2.24, 2.45) is 0 Å². The molecule has 4 heteroatoms. The lowest BCUT2D eigenvalue weighted by Gasteiger charge is -2.46. The zero-order valence-corrected chi connectivity index (χ0v) is 12.0. The van der Waals surface area contributed by atoms with Crippen molar-refractivity contribution >= 4 is 5.95 Å². The van der Waals surface area contributed by atoms with Gasteiger partial charge in [0.2, 0.25) is 5.95 Å². The van der Waals surface area contributed by atoms with Crippen LogP contribution in [0.2, 0.25) is 0 Å². The molecule has 108 valence electrons. The van der Waals surface area contributed by atoms with Gasteiger partial charge in [0.25, 0.3) is 0 Å². The van der Waals surface area contributed by atoms with Crippen molar-refractivity contribution in [3.8, 4) is 11.1 Å². The molecule has 21 heavy (non-hydrogen) atoms. The van der Waals surface area contributed by atoms with E-state index in [1.807, 2.05) is 0 Å². The molecule has 3 fully saturated rings. The molecule has 3 heterocycles. The van der Waals surface area contributed by atoms with Crippen LogP contribution in [0.5, 0.6) is 0 Å². The normalized spacial score (nSPS) is 27.7. The highest BCUT2D eigenvalue weighted by Crippen LogP contribution is 2.45. The van der Waals surface area contributed by atoms with E-state index in [0.717, 1.165) is 17.7 Å². The van der Waals surface area contributed by atoms with Crippen LogP contribution in [0.1, 0.15) is 31.2 Å². The molecular weight excluding hydrogens is 262 g/mol. The first kappa shape index (κ1) is 12.8. The topological polar surface area (TPSA) is 61.0 Å². The molecule has 2 saturated heterocycles. The number of nitrogens with zero attached hydrogens (tertiary/aromatic N) is 2. The number of anilines is 1. The van der Waals surface area contributed by atoms with E-state index in [-0.39, 0.29) is 5.41 Å². The van der Waals surface area contributed by atoms with E-state index in [1.165, 1.54) is 31.2 Å². The Morgan fingerprint density at radius 1 is 1.00 bits per heavy atom. The Hall–Kier alpha value is -1.94. The molecule has 1 aromatic carbocycles. The van der Waals surface area contributed by atoms with Crippen LogP contribution in [0.4, 0.5) is 5.95 Å². The van der Waals surface area contributed by atoms with E-state index in [1.54, 1.807) is 12.4 Å². The van der Waals surface area contributed by atoms with Crippen LogP contribution in [0.3, 0.4) is 0 Å². The van der Waals surface area contributed by atoms with Gasteiger partial charge >= 0.3 is 0 Å². The Labute approximate surface area is 124 Å². The summed E-state index contributed by atoms with van der Waals surface area (Å²) in [5, 5.41) is 0. The summed E-state index contributed by atoms with van der Waals surface area (Å²) in [6, 6.07) is 8.78. The molecule has 0 amide bonds. The van der Waals surface area contributed by atoms with Crippen LogP contribution in [-0.2, 0) is 10.2 Å². The second-order valence-corrected chi connectivity index (χ2v) is 6.20. The first-order valence-electron chi connectivity index (χ1n) is 7.55. The van der Waals surface area contributed by atoms with Gasteiger partial charge in [0.1, 0.15) is 0 Å². The maximum Gasteiger partial charge on any atom is 0.219 e. The van der Waals surface area contributed by atoms with Crippen molar-refractivity contribution in [3.05, 3.63) is 42.2 Å². The zero-order valence-electron chi connectivity index (χ0n) is 12.0. The van der Waals surface area contributed by atoms with Gasteiger partial charge in [-0.15, -0.1) is 0 Å². The summed E-state index contributed by atoms with van der Waals surface area (Å²) in [6.07, 6.45) is 8.96. The molecule has 3 aliphatic rings. The summed E-state index contributed by atoms with van der Waals surface area (Å²) >= 11 is 0. The summed E-state index contributed by atoms with van der Waals surface area (Å²) < 4.78 is 5.93. The van der Waals surface area contributed by atoms with Crippen molar-refractivity contribution in [3.63, 3.8) is 0 Å². The number of aromatic nitrogens is 2. The van der Waals surface area contributed by atoms with E-state index < -0.39 is 0 Å². The lowest BCUT2D eigenvalue weighted by Crippen LogP contribution is -2.45. The predicted octanol–water partition coefficient (Wildman–Crippen LogP) is 2.94. The summed E-state index contributed by atoms with van der Waals surface area (Å²) in [6.45, 7) is 0.877. The maximum atomic E-state index is 5.93.